The first-order chi connectivity index (χ1) is 14.0. The number of benzene rings is 2. The summed E-state index contributed by atoms with van der Waals surface area (Å²) >= 11 is 0. The van der Waals surface area contributed by atoms with Crippen molar-refractivity contribution < 1.29 is 9.84 Å². The largest absolute Gasteiger partial charge is 0.491 e. The first-order valence-corrected chi connectivity index (χ1v) is 10.3. The topological polar surface area (TPSA) is 37.6 Å². The van der Waals surface area contributed by atoms with Crippen molar-refractivity contribution in [3.05, 3.63) is 83.2 Å². The Kier molecular flexibility index (Phi) is 7.13. The number of aliphatic hydroxyl groups excluding tert-OH is 1. The van der Waals surface area contributed by atoms with Crippen LogP contribution in [0.5, 0.6) is 5.75 Å². The lowest BCUT2D eigenvalue weighted by Gasteiger charge is -2.25. The lowest BCUT2D eigenvalue weighted by atomic mass is 10.0. The number of aromatic nitrogens is 1. The van der Waals surface area contributed by atoms with Crippen LogP contribution in [0.4, 0.5) is 0 Å². The molecule has 0 saturated carbocycles. The first kappa shape index (κ1) is 21.2. The molecule has 0 bridgehead atoms. The van der Waals surface area contributed by atoms with Gasteiger partial charge in [-0.1, -0.05) is 42.8 Å². The van der Waals surface area contributed by atoms with E-state index in [9.17, 15) is 5.11 Å². The monoisotopic (exact) mass is 392 g/mol. The molecule has 1 heterocycles. The van der Waals surface area contributed by atoms with Crippen molar-refractivity contribution in [2.45, 2.75) is 40.3 Å². The molecular formula is C25H32N2O2. The maximum atomic E-state index is 10.5. The molecule has 29 heavy (non-hydrogen) atoms. The van der Waals surface area contributed by atoms with E-state index in [1.807, 2.05) is 30.3 Å². The van der Waals surface area contributed by atoms with Crippen molar-refractivity contribution in [3.8, 4) is 11.4 Å². The van der Waals surface area contributed by atoms with Gasteiger partial charge in [-0.3, -0.25) is 4.90 Å². The van der Waals surface area contributed by atoms with Gasteiger partial charge in [-0.2, -0.15) is 0 Å². The third-order valence-corrected chi connectivity index (χ3v) is 5.20. The van der Waals surface area contributed by atoms with Gasteiger partial charge >= 0.3 is 0 Å². The Morgan fingerprint density at radius 2 is 1.69 bits per heavy atom. The lowest BCUT2D eigenvalue weighted by Crippen LogP contribution is -2.35. The summed E-state index contributed by atoms with van der Waals surface area (Å²) in [5, 5.41) is 10.5. The molecule has 1 N–H and O–H groups in total. The number of ether oxygens (including phenoxy) is 1. The van der Waals surface area contributed by atoms with E-state index in [2.05, 4.69) is 67.6 Å². The Hall–Kier alpha value is -2.56. The normalized spacial score (nSPS) is 12.3. The third-order valence-electron chi connectivity index (χ3n) is 5.20. The summed E-state index contributed by atoms with van der Waals surface area (Å²) in [6.07, 6.45) is 1.59. The third kappa shape index (κ3) is 5.49. The molecule has 3 rings (SSSR count). The molecule has 3 aromatic rings. The van der Waals surface area contributed by atoms with Crippen molar-refractivity contribution in [1.29, 1.82) is 0 Å². The van der Waals surface area contributed by atoms with Crippen LogP contribution >= 0.6 is 0 Å². The van der Waals surface area contributed by atoms with Gasteiger partial charge in [-0.15, -0.1) is 0 Å². The molecule has 1 unspecified atom stereocenters. The van der Waals surface area contributed by atoms with Crippen LogP contribution in [0.15, 0.2) is 60.8 Å². The maximum absolute atomic E-state index is 10.5. The summed E-state index contributed by atoms with van der Waals surface area (Å²) in [6.45, 7) is 11.1. The molecule has 0 aliphatic rings. The molecule has 154 valence electrons. The van der Waals surface area contributed by atoms with Crippen molar-refractivity contribution in [2.75, 3.05) is 19.7 Å². The van der Waals surface area contributed by atoms with Gasteiger partial charge in [-0.25, -0.2) is 0 Å². The first-order valence-electron chi connectivity index (χ1n) is 10.3. The van der Waals surface area contributed by atoms with E-state index < -0.39 is 6.10 Å². The summed E-state index contributed by atoms with van der Waals surface area (Å²) in [7, 11) is 0. The summed E-state index contributed by atoms with van der Waals surface area (Å²) in [5.41, 5.74) is 6.31. The fraction of sp³-hybridized carbons (Fsp3) is 0.360. The van der Waals surface area contributed by atoms with E-state index in [1.54, 1.807) is 0 Å². The van der Waals surface area contributed by atoms with Crippen LogP contribution in [0.3, 0.4) is 0 Å². The standard InChI is InChI=1S/C25H32N2O2/c1-5-26(17-23(28)18-29-24-11-7-6-8-12-24)16-22-10-9-13-27(22)25-20(3)14-19(2)15-21(25)4/h6-15,23,28H,5,16-18H2,1-4H3. The number of hydrogen-bond donors (Lipinski definition) is 1. The summed E-state index contributed by atoms with van der Waals surface area (Å²) in [4.78, 5) is 2.25. The van der Waals surface area contributed by atoms with Crippen LogP contribution in [-0.4, -0.2) is 40.4 Å². The van der Waals surface area contributed by atoms with Gasteiger partial charge in [0, 0.05) is 25.0 Å². The molecule has 0 saturated heterocycles. The van der Waals surface area contributed by atoms with E-state index in [0.717, 1.165) is 18.8 Å². The highest BCUT2D eigenvalue weighted by Gasteiger charge is 2.15. The summed E-state index contributed by atoms with van der Waals surface area (Å²) in [6, 6.07) is 18.3. The highest BCUT2D eigenvalue weighted by atomic mass is 16.5. The van der Waals surface area contributed by atoms with E-state index >= 15 is 0 Å². The van der Waals surface area contributed by atoms with E-state index in [-0.39, 0.29) is 6.61 Å². The van der Waals surface area contributed by atoms with Gasteiger partial charge in [0.1, 0.15) is 18.5 Å². The van der Waals surface area contributed by atoms with Gasteiger partial charge in [0.2, 0.25) is 0 Å². The molecule has 0 aliphatic carbocycles. The number of nitrogens with zero attached hydrogens (tertiary/aromatic N) is 2. The summed E-state index contributed by atoms with van der Waals surface area (Å²) < 4.78 is 7.98. The van der Waals surface area contributed by atoms with Crippen molar-refractivity contribution >= 4 is 0 Å². The van der Waals surface area contributed by atoms with Crippen LogP contribution in [0.1, 0.15) is 29.3 Å². The predicted molar refractivity (Wildman–Crippen MR) is 119 cm³/mol. The number of aliphatic hydroxyl groups is 1. The minimum Gasteiger partial charge on any atom is -0.491 e. The van der Waals surface area contributed by atoms with Gasteiger partial charge in [0.15, 0.2) is 0 Å². The van der Waals surface area contributed by atoms with Crippen LogP contribution in [0.25, 0.3) is 5.69 Å². The molecule has 1 aromatic heterocycles. The van der Waals surface area contributed by atoms with Crippen LogP contribution in [0.2, 0.25) is 0 Å². The van der Waals surface area contributed by atoms with E-state index in [4.69, 9.17) is 4.74 Å². The number of aryl methyl sites for hydroxylation is 3. The van der Waals surface area contributed by atoms with Gasteiger partial charge < -0.3 is 14.4 Å². The molecule has 1 atom stereocenters. The number of para-hydroxylation sites is 1. The zero-order chi connectivity index (χ0) is 20.8. The SMILES string of the molecule is CCN(Cc1cccn1-c1c(C)cc(C)cc1C)CC(O)COc1ccccc1. The number of rotatable bonds is 9. The lowest BCUT2D eigenvalue weighted by molar-refractivity contribution is 0.0669. The van der Waals surface area contributed by atoms with Crippen molar-refractivity contribution in [3.63, 3.8) is 0 Å². The van der Waals surface area contributed by atoms with Gasteiger partial charge in [0.05, 0.1) is 5.69 Å². The molecule has 4 nitrogen and oxygen atoms in total. The Balaban J connectivity index is 1.67. The molecular weight excluding hydrogens is 360 g/mol. The van der Waals surface area contributed by atoms with Crippen molar-refractivity contribution in [1.82, 2.24) is 9.47 Å². The second-order valence-corrected chi connectivity index (χ2v) is 7.72. The molecule has 0 amide bonds. The predicted octanol–water partition coefficient (Wildman–Crippen LogP) is 4.66. The number of hydrogen-bond acceptors (Lipinski definition) is 3. The Labute approximate surface area is 174 Å². The maximum Gasteiger partial charge on any atom is 0.119 e. The Morgan fingerprint density at radius 3 is 2.34 bits per heavy atom. The smallest absolute Gasteiger partial charge is 0.119 e. The minimum absolute atomic E-state index is 0.289. The second kappa shape index (κ2) is 9.77. The number of likely N-dealkylation sites (N-methyl/N-ethyl adjacent to an activating group) is 1. The summed E-state index contributed by atoms with van der Waals surface area (Å²) in [5.74, 6) is 0.786. The zero-order valence-corrected chi connectivity index (χ0v) is 17.9. The minimum atomic E-state index is -0.540. The van der Waals surface area contributed by atoms with E-state index in [0.29, 0.717) is 6.54 Å². The van der Waals surface area contributed by atoms with E-state index in [1.165, 1.54) is 28.1 Å². The highest BCUT2D eigenvalue weighted by Crippen LogP contribution is 2.23. The van der Waals surface area contributed by atoms with Crippen LogP contribution < -0.4 is 4.74 Å². The molecule has 4 heteroatoms. The molecule has 0 fully saturated rings. The molecule has 0 aliphatic heterocycles. The zero-order valence-electron chi connectivity index (χ0n) is 17.9. The average Bonchev–Trinajstić information content (AvgIpc) is 3.13. The van der Waals surface area contributed by atoms with Gasteiger partial charge in [-0.05, 0) is 62.7 Å². The molecule has 0 radical (unpaired) electrons. The quantitative estimate of drug-likeness (QED) is 0.575. The van der Waals surface area contributed by atoms with Crippen LogP contribution in [0, 0.1) is 20.8 Å². The average molecular weight is 393 g/mol. The fourth-order valence-electron chi connectivity index (χ4n) is 3.91. The highest BCUT2D eigenvalue weighted by molar-refractivity contribution is 5.50. The van der Waals surface area contributed by atoms with Crippen molar-refractivity contribution in [2.24, 2.45) is 0 Å². The van der Waals surface area contributed by atoms with Crippen LogP contribution in [-0.2, 0) is 6.54 Å². The Bertz CT molecular complexity index is 895. The van der Waals surface area contributed by atoms with Gasteiger partial charge in [0.25, 0.3) is 0 Å². The molecule has 0 spiro atoms. The Morgan fingerprint density at radius 1 is 1.00 bits per heavy atom. The fourth-order valence-corrected chi connectivity index (χ4v) is 3.91. The second-order valence-electron chi connectivity index (χ2n) is 7.72. The molecule has 2 aromatic carbocycles.